The number of carboxylic acid groups (broad SMARTS) is 1. The van der Waals surface area contributed by atoms with Crippen LogP contribution in [0, 0.1) is 30.6 Å². The third-order valence-electron chi connectivity index (χ3n) is 10.8. The van der Waals surface area contributed by atoms with Gasteiger partial charge in [-0.15, -0.1) is 0 Å². The van der Waals surface area contributed by atoms with Crippen LogP contribution in [0.25, 0.3) is 0 Å². The average molecular weight is 628 g/mol. The van der Waals surface area contributed by atoms with Crippen molar-refractivity contribution in [2.24, 2.45) is 28.8 Å². The second-order valence-electron chi connectivity index (χ2n) is 13.3. The first-order valence-corrected chi connectivity index (χ1v) is 16.2. The number of aryl methyl sites for hydroxylation is 2. The van der Waals surface area contributed by atoms with Crippen LogP contribution in [0.15, 0.2) is 17.3 Å². The van der Waals surface area contributed by atoms with E-state index in [-0.39, 0.29) is 76.9 Å². The summed E-state index contributed by atoms with van der Waals surface area (Å²) in [6.07, 6.45) is 3.50. The van der Waals surface area contributed by atoms with Gasteiger partial charge in [0.05, 0.1) is 47.3 Å². The summed E-state index contributed by atoms with van der Waals surface area (Å²) in [5.41, 5.74) is -0.133. The molecule has 0 spiro atoms. The number of nitrogens with zero attached hydrogens (tertiary/aromatic N) is 1. The third kappa shape index (κ3) is 7.84. The molecule has 44 heavy (non-hydrogen) atoms. The van der Waals surface area contributed by atoms with E-state index in [4.69, 9.17) is 9.47 Å². The molecular formula is C34H54NNaO8. The van der Waals surface area contributed by atoms with E-state index in [1.807, 2.05) is 34.6 Å². The van der Waals surface area contributed by atoms with Crippen molar-refractivity contribution in [3.05, 3.63) is 28.8 Å². The molecule has 2 aliphatic heterocycles. The molecule has 9 nitrogen and oxygen atoms in total. The number of aromatic hydroxyl groups is 1. The average Bonchev–Trinajstić information content (AvgIpc) is 3.33. The molecule has 2 saturated heterocycles. The van der Waals surface area contributed by atoms with Crippen LogP contribution in [0.3, 0.4) is 0 Å². The van der Waals surface area contributed by atoms with Crippen LogP contribution in [0.4, 0.5) is 0 Å². The Morgan fingerprint density at radius 3 is 2.36 bits per heavy atom. The molecule has 2 heterocycles. The summed E-state index contributed by atoms with van der Waals surface area (Å²) in [4.78, 5) is 11.7. The van der Waals surface area contributed by atoms with Gasteiger partial charge < -0.3 is 39.9 Å². The van der Waals surface area contributed by atoms with Gasteiger partial charge in [-0.3, -0.25) is 0 Å². The predicted molar refractivity (Wildman–Crippen MR) is 163 cm³/mol. The van der Waals surface area contributed by atoms with Crippen LogP contribution in [0.1, 0.15) is 115 Å². The number of carbonyl (C=O) groups excluding carboxylic acids is 1. The number of hydrogen-bond acceptors (Lipinski definition) is 9. The zero-order valence-corrected chi connectivity index (χ0v) is 30.3. The largest absolute Gasteiger partial charge is 1.00 e. The third-order valence-corrected chi connectivity index (χ3v) is 10.8. The zero-order valence-electron chi connectivity index (χ0n) is 28.3. The summed E-state index contributed by atoms with van der Waals surface area (Å²) in [7, 11) is 0. The minimum Gasteiger partial charge on any atom is -0.545 e. The van der Waals surface area contributed by atoms with E-state index < -0.39 is 29.2 Å². The van der Waals surface area contributed by atoms with Crippen LogP contribution in [-0.4, -0.2) is 67.8 Å². The van der Waals surface area contributed by atoms with Gasteiger partial charge in [-0.05, 0) is 88.2 Å². The summed E-state index contributed by atoms with van der Waals surface area (Å²) < 4.78 is 13.4. The Morgan fingerprint density at radius 1 is 1.18 bits per heavy atom. The van der Waals surface area contributed by atoms with Gasteiger partial charge in [-0.25, -0.2) is 0 Å². The Balaban J connectivity index is 0.00000675. The second kappa shape index (κ2) is 16.1. The zero-order chi connectivity index (χ0) is 32.3. The predicted octanol–water partition coefficient (Wildman–Crippen LogP) is 1.77. The van der Waals surface area contributed by atoms with E-state index >= 15 is 0 Å². The Bertz CT molecular complexity index is 1150. The minimum atomic E-state index is -1.43. The van der Waals surface area contributed by atoms with Crippen molar-refractivity contribution in [3.63, 3.8) is 0 Å². The summed E-state index contributed by atoms with van der Waals surface area (Å²) in [6.45, 7) is 15.6. The van der Waals surface area contributed by atoms with Gasteiger partial charge in [-0.1, -0.05) is 58.8 Å². The van der Waals surface area contributed by atoms with Crippen molar-refractivity contribution >= 4 is 11.7 Å². The molecule has 10 unspecified atom stereocenters. The molecule has 1 aromatic rings. The maximum Gasteiger partial charge on any atom is 1.00 e. The first-order chi connectivity index (χ1) is 20.2. The maximum absolute atomic E-state index is 11.7. The maximum atomic E-state index is 11.7. The number of carbonyl (C=O) groups is 1. The molecule has 0 amide bonds. The molecule has 10 heteroatoms. The summed E-state index contributed by atoms with van der Waals surface area (Å²) in [6, 6.07) is 3.35. The van der Waals surface area contributed by atoms with Gasteiger partial charge in [0, 0.05) is 17.4 Å². The van der Waals surface area contributed by atoms with E-state index in [2.05, 4.69) is 19.0 Å². The van der Waals surface area contributed by atoms with E-state index in [1.54, 1.807) is 19.1 Å². The summed E-state index contributed by atoms with van der Waals surface area (Å²) in [5, 5.41) is 58.3. The van der Waals surface area contributed by atoms with Gasteiger partial charge in [0.2, 0.25) is 0 Å². The molecule has 0 aromatic heterocycles. The molecule has 0 aliphatic carbocycles. The fourth-order valence-electron chi connectivity index (χ4n) is 7.62. The van der Waals surface area contributed by atoms with Crippen LogP contribution >= 0.6 is 0 Å². The number of rotatable bonds is 13. The number of hydrogen-bond donors (Lipinski definition) is 4. The molecule has 0 saturated carbocycles. The van der Waals surface area contributed by atoms with Crippen LogP contribution in [-0.2, 0) is 15.9 Å². The molecule has 0 bridgehead atoms. The van der Waals surface area contributed by atoms with Crippen molar-refractivity contribution in [2.75, 3.05) is 0 Å². The van der Waals surface area contributed by atoms with Gasteiger partial charge in [0.1, 0.15) is 5.75 Å². The van der Waals surface area contributed by atoms with Gasteiger partial charge in [0.25, 0.3) is 0 Å². The number of benzene rings is 1. The quantitative estimate of drug-likeness (QED) is 0.112. The van der Waals surface area contributed by atoms with Crippen LogP contribution in [0.2, 0.25) is 0 Å². The first kappa shape index (κ1) is 39.0. The standard InChI is InChI=1S/C34H55NO8.Na/c1-9-25(31-21(6)18-34(11-3,43-31)26-16-17-33(40,10-2)23(8)42-26)28(35-41)22(7)29(36)19(4)12-14-24-15-13-20(5)30(37)27(24)32(38)39;/h13,15,19,21-23,25-26,29,31,36-37,40-41H,9-12,14,16-18H2,1-8H3,(H,38,39);/q;+1/p-1. The van der Waals surface area contributed by atoms with E-state index in [0.29, 0.717) is 55.4 Å². The molecule has 1 aromatic carbocycles. The second-order valence-corrected chi connectivity index (χ2v) is 13.3. The van der Waals surface area contributed by atoms with Gasteiger partial charge in [-0.2, -0.15) is 0 Å². The molecule has 244 valence electrons. The fourth-order valence-corrected chi connectivity index (χ4v) is 7.62. The van der Waals surface area contributed by atoms with Gasteiger partial charge >= 0.3 is 29.6 Å². The molecule has 0 radical (unpaired) electrons. The van der Waals surface area contributed by atoms with E-state index in [9.17, 15) is 30.4 Å². The van der Waals surface area contributed by atoms with Crippen molar-refractivity contribution in [1.82, 2.24) is 0 Å². The number of phenols is 1. The number of oxime groups is 1. The Labute approximate surface area is 285 Å². The van der Waals surface area contributed by atoms with Crippen molar-refractivity contribution < 1.29 is 69.5 Å². The molecule has 2 aliphatic rings. The van der Waals surface area contributed by atoms with Gasteiger partial charge in [0.15, 0.2) is 0 Å². The molecule has 2 fully saturated rings. The fraction of sp³-hybridized carbons (Fsp3) is 0.765. The summed E-state index contributed by atoms with van der Waals surface area (Å²) >= 11 is 0. The number of aliphatic hydroxyl groups excluding tert-OH is 1. The topological polar surface area (TPSA) is 152 Å². The molecule has 3 rings (SSSR count). The number of ether oxygens (including phenoxy) is 2. The number of aromatic carboxylic acids is 1. The number of carboxylic acids is 1. The van der Waals surface area contributed by atoms with Crippen LogP contribution < -0.4 is 34.7 Å². The minimum absolute atomic E-state index is 0. The van der Waals surface area contributed by atoms with Crippen LogP contribution in [0.5, 0.6) is 5.75 Å². The normalized spacial score (nSPS) is 32.0. The van der Waals surface area contributed by atoms with E-state index in [0.717, 1.165) is 12.8 Å². The molecule has 10 atom stereocenters. The summed E-state index contributed by atoms with van der Waals surface area (Å²) in [5.74, 6) is -2.52. The molecule has 4 N–H and O–H groups in total. The number of aliphatic hydroxyl groups is 2. The Hall–Kier alpha value is -1.20. The van der Waals surface area contributed by atoms with Crippen molar-refractivity contribution in [1.29, 1.82) is 0 Å². The molecular weight excluding hydrogens is 573 g/mol. The van der Waals surface area contributed by atoms with Crippen molar-refractivity contribution in [3.8, 4) is 5.75 Å². The first-order valence-electron chi connectivity index (χ1n) is 16.2. The SMILES string of the molecule is CCC(C(=NO)C(C)C(O)C(C)CCc1ccc(C)c(O)c1C(=O)[O-])C1OC(CC)(C2CCC(O)(CC)C(C)O2)CC1C.[Na+]. The Morgan fingerprint density at radius 2 is 1.84 bits per heavy atom. The van der Waals surface area contributed by atoms with E-state index in [1.165, 1.54) is 0 Å². The monoisotopic (exact) mass is 627 g/mol. The van der Waals surface area contributed by atoms with Crippen molar-refractivity contribution in [2.45, 2.75) is 142 Å². The Kier molecular flexibility index (Phi) is 14.2. The smallest absolute Gasteiger partial charge is 0.545 e.